The molecule has 1 N–H and O–H groups in total. The number of aromatic nitrogens is 2. The standard InChI is InChI=1S/C19H19N3O3/c1-13-6-8-14(9-7-13)19-22-21-17(25-19)10-11-20-18(23)15-4-3-5-16(12-15)24-2/h3-9,12H,10-11H2,1-2H3,(H,20,23). The topological polar surface area (TPSA) is 77.2 Å². The Balaban J connectivity index is 1.55. The minimum absolute atomic E-state index is 0.169. The van der Waals surface area contributed by atoms with Gasteiger partial charge in [-0.15, -0.1) is 10.2 Å². The van der Waals surface area contributed by atoms with Crippen LogP contribution in [0.2, 0.25) is 0 Å². The number of nitrogens with zero attached hydrogens (tertiary/aromatic N) is 2. The lowest BCUT2D eigenvalue weighted by molar-refractivity contribution is 0.0953. The number of rotatable bonds is 6. The number of carbonyl (C=O) groups excluding carboxylic acids is 1. The van der Waals surface area contributed by atoms with Crippen molar-refractivity contribution >= 4 is 5.91 Å². The van der Waals surface area contributed by atoms with Crippen LogP contribution in [0.25, 0.3) is 11.5 Å². The molecule has 6 heteroatoms. The Kier molecular flexibility index (Phi) is 5.09. The minimum Gasteiger partial charge on any atom is -0.497 e. The fourth-order valence-electron chi connectivity index (χ4n) is 2.32. The van der Waals surface area contributed by atoms with Crippen molar-refractivity contribution in [2.45, 2.75) is 13.3 Å². The number of ether oxygens (including phenoxy) is 1. The number of benzene rings is 2. The zero-order valence-corrected chi connectivity index (χ0v) is 14.2. The molecule has 1 heterocycles. The second-order valence-corrected chi connectivity index (χ2v) is 5.60. The van der Waals surface area contributed by atoms with Gasteiger partial charge in [-0.05, 0) is 37.3 Å². The average Bonchev–Trinajstić information content (AvgIpc) is 3.11. The normalized spacial score (nSPS) is 10.5. The van der Waals surface area contributed by atoms with Gasteiger partial charge in [-0.2, -0.15) is 0 Å². The van der Waals surface area contributed by atoms with Gasteiger partial charge in [-0.25, -0.2) is 0 Å². The van der Waals surface area contributed by atoms with Crippen molar-refractivity contribution in [2.24, 2.45) is 0 Å². The van der Waals surface area contributed by atoms with E-state index < -0.39 is 0 Å². The van der Waals surface area contributed by atoms with Crippen LogP contribution < -0.4 is 10.1 Å². The molecule has 25 heavy (non-hydrogen) atoms. The summed E-state index contributed by atoms with van der Waals surface area (Å²) in [5.41, 5.74) is 2.60. The summed E-state index contributed by atoms with van der Waals surface area (Å²) in [5, 5.41) is 10.9. The lowest BCUT2D eigenvalue weighted by Gasteiger charge is -2.05. The van der Waals surface area contributed by atoms with E-state index in [4.69, 9.17) is 9.15 Å². The van der Waals surface area contributed by atoms with Gasteiger partial charge in [0.2, 0.25) is 11.8 Å². The molecule has 0 saturated heterocycles. The van der Waals surface area contributed by atoms with Crippen LogP contribution in [-0.4, -0.2) is 29.8 Å². The van der Waals surface area contributed by atoms with E-state index in [0.29, 0.717) is 36.1 Å². The molecule has 0 atom stereocenters. The molecule has 0 aliphatic carbocycles. The first-order chi connectivity index (χ1) is 12.2. The van der Waals surface area contributed by atoms with Crippen LogP contribution >= 0.6 is 0 Å². The van der Waals surface area contributed by atoms with Crippen molar-refractivity contribution in [3.05, 3.63) is 65.5 Å². The van der Waals surface area contributed by atoms with E-state index in [0.717, 1.165) is 5.56 Å². The zero-order valence-electron chi connectivity index (χ0n) is 14.2. The number of nitrogens with one attached hydrogen (secondary N) is 1. The number of amides is 1. The molecule has 3 rings (SSSR count). The summed E-state index contributed by atoms with van der Waals surface area (Å²) in [6.07, 6.45) is 0.467. The highest BCUT2D eigenvalue weighted by Crippen LogP contribution is 2.18. The minimum atomic E-state index is -0.169. The third kappa shape index (κ3) is 4.23. The summed E-state index contributed by atoms with van der Waals surface area (Å²) in [7, 11) is 1.57. The van der Waals surface area contributed by atoms with Crippen LogP contribution in [0.15, 0.2) is 52.9 Å². The number of methoxy groups -OCH3 is 1. The molecular weight excluding hydrogens is 318 g/mol. The zero-order chi connectivity index (χ0) is 17.6. The monoisotopic (exact) mass is 337 g/mol. The summed E-state index contributed by atoms with van der Waals surface area (Å²) in [4.78, 5) is 12.1. The Morgan fingerprint density at radius 3 is 2.72 bits per heavy atom. The predicted molar refractivity (Wildman–Crippen MR) is 93.5 cm³/mol. The van der Waals surface area contributed by atoms with Crippen molar-refractivity contribution in [2.75, 3.05) is 13.7 Å². The SMILES string of the molecule is COc1cccc(C(=O)NCCc2nnc(-c3ccc(C)cc3)o2)c1. The second-order valence-electron chi connectivity index (χ2n) is 5.60. The molecule has 0 radical (unpaired) electrons. The lowest BCUT2D eigenvalue weighted by atomic mass is 10.1. The van der Waals surface area contributed by atoms with Crippen LogP contribution in [-0.2, 0) is 6.42 Å². The molecule has 0 saturated carbocycles. The molecule has 128 valence electrons. The molecule has 1 amide bonds. The summed E-state index contributed by atoms with van der Waals surface area (Å²) in [6, 6.07) is 14.9. The van der Waals surface area contributed by atoms with Crippen LogP contribution in [0.1, 0.15) is 21.8 Å². The molecule has 0 aliphatic heterocycles. The summed E-state index contributed by atoms with van der Waals surface area (Å²) < 4.78 is 10.8. The van der Waals surface area contributed by atoms with Gasteiger partial charge < -0.3 is 14.5 Å². The molecular formula is C19H19N3O3. The van der Waals surface area contributed by atoms with E-state index in [1.54, 1.807) is 31.4 Å². The number of aryl methyl sites for hydroxylation is 1. The summed E-state index contributed by atoms with van der Waals surface area (Å²) in [5.74, 6) is 1.44. The Bertz CT molecular complexity index is 856. The van der Waals surface area contributed by atoms with Gasteiger partial charge >= 0.3 is 0 Å². The van der Waals surface area contributed by atoms with Gasteiger partial charge in [-0.3, -0.25) is 4.79 Å². The van der Waals surface area contributed by atoms with Crippen LogP contribution in [0.3, 0.4) is 0 Å². The first-order valence-electron chi connectivity index (χ1n) is 7.97. The van der Waals surface area contributed by atoms with Crippen molar-refractivity contribution in [1.82, 2.24) is 15.5 Å². The Hall–Kier alpha value is -3.15. The molecule has 3 aromatic rings. The molecule has 0 bridgehead atoms. The fourth-order valence-corrected chi connectivity index (χ4v) is 2.32. The average molecular weight is 337 g/mol. The van der Waals surface area contributed by atoms with Crippen molar-refractivity contribution in [1.29, 1.82) is 0 Å². The molecule has 0 fully saturated rings. The van der Waals surface area contributed by atoms with Crippen molar-refractivity contribution in [3.8, 4) is 17.2 Å². The lowest BCUT2D eigenvalue weighted by Crippen LogP contribution is -2.25. The Morgan fingerprint density at radius 1 is 1.16 bits per heavy atom. The molecule has 6 nitrogen and oxygen atoms in total. The Morgan fingerprint density at radius 2 is 1.96 bits per heavy atom. The third-order valence-electron chi connectivity index (χ3n) is 3.72. The second kappa shape index (κ2) is 7.61. The van der Waals surface area contributed by atoms with Crippen LogP contribution in [0.4, 0.5) is 0 Å². The molecule has 2 aromatic carbocycles. The van der Waals surface area contributed by atoms with E-state index in [1.807, 2.05) is 31.2 Å². The van der Waals surface area contributed by atoms with Gasteiger partial charge in [-0.1, -0.05) is 23.8 Å². The van der Waals surface area contributed by atoms with Crippen molar-refractivity contribution < 1.29 is 13.9 Å². The van der Waals surface area contributed by atoms with E-state index in [-0.39, 0.29) is 5.91 Å². The van der Waals surface area contributed by atoms with Crippen molar-refractivity contribution in [3.63, 3.8) is 0 Å². The maximum Gasteiger partial charge on any atom is 0.251 e. The first-order valence-corrected chi connectivity index (χ1v) is 7.97. The maximum absolute atomic E-state index is 12.1. The predicted octanol–water partition coefficient (Wildman–Crippen LogP) is 3.03. The summed E-state index contributed by atoms with van der Waals surface area (Å²) in [6.45, 7) is 2.43. The van der Waals surface area contributed by atoms with Gasteiger partial charge in [0.05, 0.1) is 7.11 Å². The van der Waals surface area contributed by atoms with Gasteiger partial charge in [0.1, 0.15) is 5.75 Å². The largest absolute Gasteiger partial charge is 0.497 e. The van der Waals surface area contributed by atoms with Gasteiger partial charge in [0.25, 0.3) is 5.91 Å². The fraction of sp³-hybridized carbons (Fsp3) is 0.211. The van der Waals surface area contributed by atoms with Crippen LogP contribution in [0, 0.1) is 6.92 Å². The molecule has 0 spiro atoms. The molecule has 1 aromatic heterocycles. The highest BCUT2D eigenvalue weighted by atomic mass is 16.5. The number of hydrogen-bond acceptors (Lipinski definition) is 5. The van der Waals surface area contributed by atoms with E-state index in [9.17, 15) is 4.79 Å². The quantitative estimate of drug-likeness (QED) is 0.748. The Labute approximate surface area is 145 Å². The summed E-state index contributed by atoms with van der Waals surface area (Å²) >= 11 is 0. The molecule has 0 aliphatic rings. The highest BCUT2D eigenvalue weighted by Gasteiger charge is 2.10. The van der Waals surface area contributed by atoms with E-state index in [2.05, 4.69) is 15.5 Å². The van der Waals surface area contributed by atoms with Gasteiger partial charge in [0.15, 0.2) is 0 Å². The maximum atomic E-state index is 12.1. The smallest absolute Gasteiger partial charge is 0.251 e. The van der Waals surface area contributed by atoms with E-state index in [1.165, 1.54) is 5.56 Å². The highest BCUT2D eigenvalue weighted by molar-refractivity contribution is 5.94. The number of hydrogen-bond donors (Lipinski definition) is 1. The third-order valence-corrected chi connectivity index (χ3v) is 3.72. The van der Waals surface area contributed by atoms with E-state index >= 15 is 0 Å². The number of carbonyl (C=O) groups is 1. The van der Waals surface area contributed by atoms with Gasteiger partial charge in [0, 0.05) is 24.1 Å². The molecule has 0 unspecified atom stereocenters. The first kappa shape index (κ1) is 16.7. The van der Waals surface area contributed by atoms with Crippen LogP contribution in [0.5, 0.6) is 5.75 Å².